The van der Waals surface area contributed by atoms with Crippen molar-refractivity contribution in [2.45, 2.75) is 39.0 Å². The molecule has 0 aliphatic carbocycles. The van der Waals surface area contributed by atoms with Crippen LogP contribution in [0.15, 0.2) is 30.3 Å². The Bertz CT molecular complexity index is 632. The number of ether oxygens (including phenoxy) is 9. The highest BCUT2D eigenvalue weighted by atomic mass is 16.6. The topological polar surface area (TPSA) is 100 Å². The standard InChI is InChI=1S/C29H50O10/c1-2-3-4-8-11-29(30)39-27-25-37-23-21-35-19-17-33-15-13-31-12-14-32-16-18-34-20-22-36-24-26-38-28-9-6-5-7-10-28/h5-7,9-10H,2-4,8,11-27H2,1H3. The summed E-state index contributed by atoms with van der Waals surface area (Å²) in [5.41, 5.74) is 0. The number of benzene rings is 1. The molecule has 1 aromatic carbocycles. The number of carbonyl (C=O) groups excluding carboxylic acids is 1. The Hall–Kier alpha value is -1.79. The van der Waals surface area contributed by atoms with Gasteiger partial charge in [-0.05, 0) is 18.6 Å². The molecule has 0 spiro atoms. The van der Waals surface area contributed by atoms with Crippen molar-refractivity contribution in [2.24, 2.45) is 0 Å². The molecule has 0 saturated heterocycles. The van der Waals surface area contributed by atoms with Crippen LogP contribution in [0.25, 0.3) is 0 Å². The summed E-state index contributed by atoms with van der Waals surface area (Å²) < 4.78 is 48.8. The van der Waals surface area contributed by atoms with Crippen molar-refractivity contribution in [1.82, 2.24) is 0 Å². The van der Waals surface area contributed by atoms with E-state index in [0.717, 1.165) is 31.4 Å². The van der Waals surface area contributed by atoms with Crippen LogP contribution in [0.1, 0.15) is 39.0 Å². The third kappa shape index (κ3) is 26.2. The summed E-state index contributed by atoms with van der Waals surface area (Å²) in [6, 6.07) is 9.66. The number of carbonyl (C=O) groups is 1. The van der Waals surface area contributed by atoms with Crippen LogP contribution in [0.2, 0.25) is 0 Å². The van der Waals surface area contributed by atoms with E-state index in [1.165, 1.54) is 0 Å². The molecule has 0 heterocycles. The first-order valence-corrected chi connectivity index (χ1v) is 14.2. The summed E-state index contributed by atoms with van der Waals surface area (Å²) in [6.07, 6.45) is 4.78. The summed E-state index contributed by atoms with van der Waals surface area (Å²) in [7, 11) is 0. The SMILES string of the molecule is CCCCCCC(=O)OCCOCCOCCOCCOCCOCCOCCOCCOc1ccccc1. The van der Waals surface area contributed by atoms with Crippen LogP contribution in [-0.4, -0.2) is 112 Å². The summed E-state index contributed by atoms with van der Waals surface area (Å²) in [4.78, 5) is 11.5. The van der Waals surface area contributed by atoms with Crippen LogP contribution in [0.3, 0.4) is 0 Å². The lowest BCUT2D eigenvalue weighted by atomic mass is 10.2. The maximum Gasteiger partial charge on any atom is 0.305 e. The van der Waals surface area contributed by atoms with Crippen LogP contribution in [0, 0.1) is 0 Å². The van der Waals surface area contributed by atoms with Gasteiger partial charge >= 0.3 is 5.97 Å². The molecule has 10 nitrogen and oxygen atoms in total. The van der Waals surface area contributed by atoms with Crippen LogP contribution in [-0.2, 0) is 42.7 Å². The smallest absolute Gasteiger partial charge is 0.305 e. The Labute approximate surface area is 234 Å². The van der Waals surface area contributed by atoms with E-state index in [-0.39, 0.29) is 12.6 Å². The molecule has 0 atom stereocenters. The number of rotatable bonds is 30. The fourth-order valence-corrected chi connectivity index (χ4v) is 3.14. The average Bonchev–Trinajstić information content (AvgIpc) is 2.96. The Morgan fingerprint density at radius 2 is 0.923 bits per heavy atom. The number of para-hydroxylation sites is 1. The Morgan fingerprint density at radius 1 is 0.513 bits per heavy atom. The van der Waals surface area contributed by atoms with Crippen molar-refractivity contribution in [2.75, 3.05) is 106 Å². The normalized spacial score (nSPS) is 11.1. The molecule has 0 unspecified atom stereocenters. The van der Waals surface area contributed by atoms with Gasteiger partial charge in [0.1, 0.15) is 19.0 Å². The van der Waals surface area contributed by atoms with Crippen molar-refractivity contribution in [1.29, 1.82) is 0 Å². The highest BCUT2D eigenvalue weighted by Gasteiger charge is 2.02. The van der Waals surface area contributed by atoms with E-state index in [1.807, 2.05) is 30.3 Å². The maximum absolute atomic E-state index is 11.5. The lowest BCUT2D eigenvalue weighted by molar-refractivity contribution is -0.145. The summed E-state index contributed by atoms with van der Waals surface area (Å²) in [6.45, 7) is 9.90. The first-order valence-electron chi connectivity index (χ1n) is 14.2. The fourth-order valence-electron chi connectivity index (χ4n) is 3.14. The molecule has 1 aromatic rings. The summed E-state index contributed by atoms with van der Waals surface area (Å²) in [5, 5.41) is 0. The first-order chi connectivity index (χ1) is 19.3. The molecule has 39 heavy (non-hydrogen) atoms. The first kappa shape index (κ1) is 35.2. The van der Waals surface area contributed by atoms with Gasteiger partial charge in [0, 0.05) is 6.42 Å². The highest BCUT2D eigenvalue weighted by Crippen LogP contribution is 2.07. The van der Waals surface area contributed by atoms with Gasteiger partial charge in [0.25, 0.3) is 0 Å². The molecule has 10 heteroatoms. The van der Waals surface area contributed by atoms with Crippen LogP contribution in [0.5, 0.6) is 5.75 Å². The molecule has 226 valence electrons. The predicted molar refractivity (Wildman–Crippen MR) is 147 cm³/mol. The highest BCUT2D eigenvalue weighted by molar-refractivity contribution is 5.69. The summed E-state index contributed by atoms with van der Waals surface area (Å²) >= 11 is 0. The van der Waals surface area contributed by atoms with Gasteiger partial charge in [-0.3, -0.25) is 4.79 Å². The number of unbranched alkanes of at least 4 members (excludes halogenated alkanes) is 3. The van der Waals surface area contributed by atoms with Gasteiger partial charge in [-0.25, -0.2) is 0 Å². The van der Waals surface area contributed by atoms with E-state index in [0.29, 0.717) is 106 Å². The van der Waals surface area contributed by atoms with E-state index < -0.39 is 0 Å². The second-order valence-electron chi connectivity index (χ2n) is 8.48. The lowest BCUT2D eigenvalue weighted by Gasteiger charge is -2.09. The van der Waals surface area contributed by atoms with Gasteiger partial charge < -0.3 is 42.6 Å². The van der Waals surface area contributed by atoms with E-state index in [1.54, 1.807) is 0 Å². The Morgan fingerprint density at radius 3 is 1.36 bits per heavy atom. The Balaban J connectivity index is 1.65. The molecular weight excluding hydrogens is 508 g/mol. The molecule has 0 aliphatic heterocycles. The van der Waals surface area contributed by atoms with Gasteiger partial charge in [0.2, 0.25) is 0 Å². The van der Waals surface area contributed by atoms with Crippen molar-refractivity contribution >= 4 is 5.97 Å². The monoisotopic (exact) mass is 558 g/mol. The van der Waals surface area contributed by atoms with Crippen LogP contribution >= 0.6 is 0 Å². The molecule has 0 aromatic heterocycles. The third-order valence-corrected chi connectivity index (χ3v) is 5.20. The van der Waals surface area contributed by atoms with Gasteiger partial charge in [-0.1, -0.05) is 44.4 Å². The van der Waals surface area contributed by atoms with Crippen LogP contribution in [0.4, 0.5) is 0 Å². The molecular formula is C29H50O10. The van der Waals surface area contributed by atoms with Crippen molar-refractivity contribution < 1.29 is 47.4 Å². The molecule has 0 N–H and O–H groups in total. The zero-order valence-corrected chi connectivity index (χ0v) is 23.8. The van der Waals surface area contributed by atoms with E-state index in [4.69, 9.17) is 42.6 Å². The van der Waals surface area contributed by atoms with Gasteiger partial charge in [0.15, 0.2) is 0 Å². The average molecular weight is 559 g/mol. The Kier molecular flexibility index (Phi) is 26.4. The number of esters is 1. The quantitative estimate of drug-likeness (QED) is 0.103. The molecule has 0 fully saturated rings. The second-order valence-corrected chi connectivity index (χ2v) is 8.48. The maximum atomic E-state index is 11.5. The zero-order valence-electron chi connectivity index (χ0n) is 23.8. The van der Waals surface area contributed by atoms with Crippen molar-refractivity contribution in [3.63, 3.8) is 0 Å². The molecule has 0 radical (unpaired) electrons. The van der Waals surface area contributed by atoms with E-state index >= 15 is 0 Å². The van der Waals surface area contributed by atoms with E-state index in [2.05, 4.69) is 6.92 Å². The van der Waals surface area contributed by atoms with Gasteiger partial charge in [-0.15, -0.1) is 0 Å². The zero-order chi connectivity index (χ0) is 27.9. The predicted octanol–water partition coefficient (Wildman–Crippen LogP) is 3.70. The van der Waals surface area contributed by atoms with Gasteiger partial charge in [0.05, 0.1) is 92.5 Å². The molecule has 0 amide bonds. The number of hydrogen-bond donors (Lipinski definition) is 0. The largest absolute Gasteiger partial charge is 0.491 e. The molecule has 1 rings (SSSR count). The minimum absolute atomic E-state index is 0.149. The number of hydrogen-bond acceptors (Lipinski definition) is 10. The minimum Gasteiger partial charge on any atom is -0.491 e. The third-order valence-electron chi connectivity index (χ3n) is 5.20. The van der Waals surface area contributed by atoms with E-state index in [9.17, 15) is 4.79 Å². The molecule has 0 saturated carbocycles. The van der Waals surface area contributed by atoms with Gasteiger partial charge in [-0.2, -0.15) is 0 Å². The van der Waals surface area contributed by atoms with Crippen molar-refractivity contribution in [3.8, 4) is 5.75 Å². The lowest BCUT2D eigenvalue weighted by Crippen LogP contribution is -2.15. The molecule has 0 aliphatic rings. The van der Waals surface area contributed by atoms with Crippen LogP contribution < -0.4 is 4.74 Å². The molecule has 0 bridgehead atoms. The second kappa shape index (κ2) is 29.2. The van der Waals surface area contributed by atoms with Crippen molar-refractivity contribution in [3.05, 3.63) is 30.3 Å². The fraction of sp³-hybridized carbons (Fsp3) is 0.759. The minimum atomic E-state index is -0.149. The summed E-state index contributed by atoms with van der Waals surface area (Å²) in [5.74, 6) is 0.694.